The van der Waals surface area contributed by atoms with Gasteiger partial charge in [-0.15, -0.1) is 0 Å². The van der Waals surface area contributed by atoms with Gasteiger partial charge in [0.1, 0.15) is 4.90 Å². The molecule has 1 rings (SSSR count). The third kappa shape index (κ3) is 5.11. The lowest BCUT2D eigenvalue weighted by atomic mass is 10.4. The zero-order chi connectivity index (χ0) is 14.5. The lowest BCUT2D eigenvalue weighted by molar-refractivity contribution is 0.576. The van der Waals surface area contributed by atoms with Crippen LogP contribution in [0.3, 0.4) is 0 Å². The topological polar surface area (TPSA) is 131 Å². The number of nitrogens with one attached hydrogen (secondary N) is 2. The van der Waals surface area contributed by atoms with E-state index in [1.165, 1.54) is 18.5 Å². The number of anilines is 1. The van der Waals surface area contributed by atoms with Crippen molar-refractivity contribution in [3.63, 3.8) is 0 Å². The Morgan fingerprint density at radius 2 is 2.00 bits per heavy atom. The molecule has 0 unspecified atom stereocenters. The second-order valence-electron chi connectivity index (χ2n) is 3.74. The van der Waals surface area contributed by atoms with Crippen molar-refractivity contribution >= 4 is 25.7 Å². The van der Waals surface area contributed by atoms with Gasteiger partial charge < -0.3 is 5.32 Å². The zero-order valence-electron chi connectivity index (χ0n) is 10.3. The van der Waals surface area contributed by atoms with Gasteiger partial charge in [-0.1, -0.05) is 0 Å². The summed E-state index contributed by atoms with van der Waals surface area (Å²) in [5.74, 6) is -0.276. The first-order chi connectivity index (χ1) is 8.76. The van der Waals surface area contributed by atoms with Gasteiger partial charge in [0, 0.05) is 26.0 Å². The molecule has 10 heteroatoms. The number of hydrogen-bond acceptors (Lipinski definition) is 6. The van der Waals surface area contributed by atoms with Crippen LogP contribution < -0.4 is 15.2 Å². The normalized spacial score (nSPS) is 12.3. The Hall–Kier alpha value is -1.23. The molecule has 0 aliphatic heterocycles. The Balaban J connectivity index is 2.71. The van der Waals surface area contributed by atoms with Gasteiger partial charge in [-0.25, -0.2) is 26.7 Å². The molecule has 0 atom stereocenters. The van der Waals surface area contributed by atoms with Gasteiger partial charge in [0.25, 0.3) is 0 Å². The maximum absolute atomic E-state index is 12.0. The van der Waals surface area contributed by atoms with Crippen LogP contribution in [0.4, 0.5) is 5.69 Å². The van der Waals surface area contributed by atoms with E-state index in [9.17, 15) is 16.8 Å². The molecule has 4 N–H and O–H groups in total. The molecule has 0 spiro atoms. The lowest BCUT2D eigenvalue weighted by Gasteiger charge is -2.10. The van der Waals surface area contributed by atoms with E-state index in [0.717, 1.165) is 0 Å². The highest BCUT2D eigenvalue weighted by molar-refractivity contribution is 7.89. The van der Waals surface area contributed by atoms with E-state index in [4.69, 9.17) is 5.14 Å². The van der Waals surface area contributed by atoms with Crippen molar-refractivity contribution in [2.24, 2.45) is 5.14 Å². The number of primary sulfonamides is 1. The standard InChI is InChI=1S/C9H16N4O4S2/c1-11-8-3-5-12-7-9(8)19(16,17)13-4-2-6-18(10,14)15/h3,5,7,13H,2,4,6H2,1H3,(H,11,12)(H2,10,14,15). The molecule has 0 saturated heterocycles. The van der Waals surface area contributed by atoms with Crippen LogP contribution in [0.25, 0.3) is 0 Å². The summed E-state index contributed by atoms with van der Waals surface area (Å²) < 4.78 is 47.6. The molecular formula is C9H16N4O4S2. The first-order valence-corrected chi connectivity index (χ1v) is 8.58. The smallest absolute Gasteiger partial charge is 0.244 e. The molecule has 108 valence electrons. The number of rotatable bonds is 7. The molecule has 1 heterocycles. The highest BCUT2D eigenvalue weighted by atomic mass is 32.2. The minimum absolute atomic E-state index is 0.00751. The quantitative estimate of drug-likeness (QED) is 0.558. The van der Waals surface area contributed by atoms with E-state index in [1.807, 2.05) is 0 Å². The fraction of sp³-hybridized carbons (Fsp3) is 0.444. The molecule has 0 bridgehead atoms. The molecule has 0 amide bonds. The highest BCUT2D eigenvalue weighted by Gasteiger charge is 2.17. The second-order valence-corrected chi connectivity index (χ2v) is 7.21. The Bertz CT molecular complexity index is 627. The number of sulfonamides is 2. The Labute approximate surface area is 112 Å². The van der Waals surface area contributed by atoms with E-state index in [2.05, 4.69) is 15.0 Å². The summed E-state index contributed by atoms with van der Waals surface area (Å²) in [5.41, 5.74) is 0.411. The average Bonchev–Trinajstić information content (AvgIpc) is 2.33. The fourth-order valence-corrected chi connectivity index (χ4v) is 3.13. The van der Waals surface area contributed by atoms with Gasteiger partial charge >= 0.3 is 0 Å². The summed E-state index contributed by atoms with van der Waals surface area (Å²) >= 11 is 0. The maximum Gasteiger partial charge on any atom is 0.244 e. The van der Waals surface area contributed by atoms with E-state index in [0.29, 0.717) is 5.69 Å². The number of pyridine rings is 1. The summed E-state index contributed by atoms with van der Waals surface area (Å²) in [6.07, 6.45) is 2.78. The molecular weight excluding hydrogens is 292 g/mol. The summed E-state index contributed by atoms with van der Waals surface area (Å²) in [6.45, 7) is -0.0171. The predicted octanol–water partition coefficient (Wildman–Crippen LogP) is -0.920. The summed E-state index contributed by atoms with van der Waals surface area (Å²) in [4.78, 5) is 3.76. The van der Waals surface area contributed by atoms with Gasteiger partial charge in [-0.05, 0) is 12.5 Å². The molecule has 1 aromatic heterocycles. The maximum atomic E-state index is 12.0. The van der Waals surface area contributed by atoms with Crippen molar-refractivity contribution in [3.05, 3.63) is 18.5 Å². The molecule has 0 aliphatic carbocycles. The average molecular weight is 308 g/mol. The molecule has 0 aromatic carbocycles. The van der Waals surface area contributed by atoms with E-state index in [-0.39, 0.29) is 23.6 Å². The van der Waals surface area contributed by atoms with Crippen molar-refractivity contribution in [1.29, 1.82) is 0 Å². The second kappa shape index (κ2) is 6.28. The molecule has 0 radical (unpaired) electrons. The highest BCUT2D eigenvalue weighted by Crippen LogP contribution is 2.18. The third-order valence-corrected chi connectivity index (χ3v) is 4.59. The van der Waals surface area contributed by atoms with Crippen LogP contribution in [0.1, 0.15) is 6.42 Å². The SMILES string of the molecule is CNc1ccncc1S(=O)(=O)NCCCS(N)(=O)=O. The molecule has 0 fully saturated rings. The lowest BCUT2D eigenvalue weighted by Crippen LogP contribution is -2.28. The minimum atomic E-state index is -3.73. The van der Waals surface area contributed by atoms with Gasteiger partial charge in [0.15, 0.2) is 0 Å². The molecule has 1 aromatic rings. The van der Waals surface area contributed by atoms with E-state index < -0.39 is 20.0 Å². The predicted molar refractivity (Wildman–Crippen MR) is 71.6 cm³/mol. The molecule has 19 heavy (non-hydrogen) atoms. The summed E-state index contributed by atoms with van der Waals surface area (Å²) in [7, 11) is -5.72. The minimum Gasteiger partial charge on any atom is -0.387 e. The van der Waals surface area contributed by atoms with Crippen LogP contribution in [0.5, 0.6) is 0 Å². The van der Waals surface area contributed by atoms with Crippen molar-refractivity contribution in [3.8, 4) is 0 Å². The third-order valence-electron chi connectivity index (χ3n) is 2.24. The Morgan fingerprint density at radius 1 is 1.32 bits per heavy atom. The van der Waals surface area contributed by atoms with Crippen molar-refractivity contribution in [2.45, 2.75) is 11.3 Å². The number of nitrogens with two attached hydrogens (primary N) is 1. The number of hydrogen-bond donors (Lipinski definition) is 3. The van der Waals surface area contributed by atoms with Gasteiger partial charge in [-0.3, -0.25) is 4.98 Å². The number of aromatic nitrogens is 1. The van der Waals surface area contributed by atoms with Crippen LogP contribution in [-0.2, 0) is 20.0 Å². The monoisotopic (exact) mass is 308 g/mol. The van der Waals surface area contributed by atoms with Gasteiger partial charge in [0.2, 0.25) is 20.0 Å². The van der Waals surface area contributed by atoms with Crippen LogP contribution in [0.2, 0.25) is 0 Å². The van der Waals surface area contributed by atoms with E-state index in [1.54, 1.807) is 7.05 Å². The fourth-order valence-electron chi connectivity index (χ4n) is 1.36. The molecule has 0 aliphatic rings. The van der Waals surface area contributed by atoms with Crippen molar-refractivity contribution in [1.82, 2.24) is 9.71 Å². The number of nitrogens with zero attached hydrogens (tertiary/aromatic N) is 1. The summed E-state index contributed by atoms with van der Waals surface area (Å²) in [6, 6.07) is 1.53. The molecule has 0 saturated carbocycles. The zero-order valence-corrected chi connectivity index (χ0v) is 12.0. The van der Waals surface area contributed by atoms with Crippen molar-refractivity contribution < 1.29 is 16.8 Å². The first kappa shape index (κ1) is 15.8. The van der Waals surface area contributed by atoms with Crippen LogP contribution in [0.15, 0.2) is 23.4 Å². The Morgan fingerprint density at radius 3 is 2.58 bits per heavy atom. The van der Waals surface area contributed by atoms with E-state index >= 15 is 0 Å². The van der Waals surface area contributed by atoms with Crippen LogP contribution in [0, 0.1) is 0 Å². The first-order valence-electron chi connectivity index (χ1n) is 5.38. The molecule has 8 nitrogen and oxygen atoms in total. The van der Waals surface area contributed by atoms with Gasteiger partial charge in [0.05, 0.1) is 11.4 Å². The van der Waals surface area contributed by atoms with Crippen molar-refractivity contribution in [2.75, 3.05) is 24.7 Å². The van der Waals surface area contributed by atoms with Crippen LogP contribution >= 0.6 is 0 Å². The largest absolute Gasteiger partial charge is 0.387 e. The Kier molecular flexibility index (Phi) is 5.23. The summed E-state index contributed by atoms with van der Waals surface area (Å²) in [5, 5.41) is 7.56. The van der Waals surface area contributed by atoms with Gasteiger partial charge in [-0.2, -0.15) is 0 Å². The van der Waals surface area contributed by atoms with Crippen LogP contribution in [-0.4, -0.2) is 41.2 Å².